The van der Waals surface area contributed by atoms with Crippen LogP contribution in [-0.4, -0.2) is 19.0 Å². The summed E-state index contributed by atoms with van der Waals surface area (Å²) in [6, 6.07) is 2.06. The van der Waals surface area contributed by atoms with Gasteiger partial charge in [-0.05, 0) is 45.6 Å². The summed E-state index contributed by atoms with van der Waals surface area (Å²) in [4.78, 5) is 4.59. The Morgan fingerprint density at radius 1 is 1.37 bits per heavy atom. The van der Waals surface area contributed by atoms with Crippen LogP contribution in [0.5, 0.6) is 0 Å². The minimum atomic E-state index is 0. The Kier molecular flexibility index (Phi) is 6.68. The largest absolute Gasteiger partial charge is 0.466 e. The van der Waals surface area contributed by atoms with Gasteiger partial charge in [0.25, 0.3) is 0 Å². The summed E-state index contributed by atoms with van der Waals surface area (Å²) in [5.41, 5.74) is 1.16. The molecule has 2 N–H and O–H groups in total. The van der Waals surface area contributed by atoms with Crippen LogP contribution in [0.3, 0.4) is 0 Å². The predicted molar refractivity (Wildman–Crippen MR) is 89.1 cm³/mol. The van der Waals surface area contributed by atoms with E-state index >= 15 is 0 Å². The molecule has 108 valence electrons. The van der Waals surface area contributed by atoms with Crippen LogP contribution in [0.4, 0.5) is 0 Å². The van der Waals surface area contributed by atoms with Crippen molar-refractivity contribution in [2.45, 2.75) is 40.2 Å². The maximum atomic E-state index is 5.50. The molecule has 1 heterocycles. The number of aliphatic imine (C=N–C) groups is 1. The van der Waals surface area contributed by atoms with Crippen molar-refractivity contribution >= 4 is 29.9 Å². The van der Waals surface area contributed by atoms with Crippen LogP contribution in [0.15, 0.2) is 15.5 Å². The van der Waals surface area contributed by atoms with Crippen LogP contribution in [-0.2, 0) is 6.54 Å². The van der Waals surface area contributed by atoms with Crippen LogP contribution >= 0.6 is 24.0 Å². The van der Waals surface area contributed by atoms with E-state index in [1.165, 1.54) is 12.8 Å². The van der Waals surface area contributed by atoms with Gasteiger partial charge in [-0.25, -0.2) is 4.99 Å². The molecule has 0 atom stereocenters. The lowest BCUT2D eigenvalue weighted by atomic mass is 10.2. The number of nitrogens with one attached hydrogen (secondary N) is 2. The van der Waals surface area contributed by atoms with E-state index in [9.17, 15) is 0 Å². The molecule has 1 aromatic rings. The zero-order valence-corrected chi connectivity index (χ0v) is 14.3. The van der Waals surface area contributed by atoms with Gasteiger partial charge in [-0.3, -0.25) is 0 Å². The topological polar surface area (TPSA) is 49.6 Å². The van der Waals surface area contributed by atoms with Crippen molar-refractivity contribution in [1.29, 1.82) is 0 Å². The van der Waals surface area contributed by atoms with Crippen molar-refractivity contribution in [3.05, 3.63) is 23.2 Å². The first kappa shape index (κ1) is 16.3. The number of nitrogens with zero attached hydrogens (tertiary/aromatic N) is 1. The van der Waals surface area contributed by atoms with Gasteiger partial charge in [0, 0.05) is 18.7 Å². The van der Waals surface area contributed by atoms with Gasteiger partial charge in [0.1, 0.15) is 11.5 Å². The van der Waals surface area contributed by atoms with E-state index < -0.39 is 0 Å². The number of aryl methyl sites for hydroxylation is 2. The molecule has 1 aromatic heterocycles. The summed E-state index contributed by atoms with van der Waals surface area (Å²) in [7, 11) is 0. The summed E-state index contributed by atoms with van der Waals surface area (Å²) in [5, 5.41) is 6.66. The molecule has 2 rings (SSSR count). The molecule has 1 aliphatic carbocycles. The predicted octanol–water partition coefficient (Wildman–Crippen LogP) is 2.98. The Hall–Kier alpha value is -0.720. The number of hydrogen-bond acceptors (Lipinski definition) is 2. The molecule has 4 nitrogen and oxygen atoms in total. The second-order valence-corrected chi connectivity index (χ2v) is 4.96. The quantitative estimate of drug-likeness (QED) is 0.471. The molecular formula is C14H24IN3O. The first-order valence-corrected chi connectivity index (χ1v) is 6.77. The maximum Gasteiger partial charge on any atom is 0.191 e. The van der Waals surface area contributed by atoms with E-state index in [1.807, 2.05) is 13.8 Å². The molecule has 0 amide bonds. The Labute approximate surface area is 132 Å². The third kappa shape index (κ3) is 5.42. The average molecular weight is 377 g/mol. The lowest BCUT2D eigenvalue weighted by molar-refractivity contribution is 0.501. The van der Waals surface area contributed by atoms with Crippen molar-refractivity contribution in [3.8, 4) is 0 Å². The van der Waals surface area contributed by atoms with E-state index in [0.717, 1.165) is 42.1 Å². The third-order valence-corrected chi connectivity index (χ3v) is 3.15. The summed E-state index contributed by atoms with van der Waals surface area (Å²) >= 11 is 0. The molecule has 0 radical (unpaired) electrons. The molecule has 19 heavy (non-hydrogen) atoms. The molecule has 0 saturated heterocycles. The highest BCUT2D eigenvalue weighted by Crippen LogP contribution is 2.27. The number of furan rings is 1. The summed E-state index contributed by atoms with van der Waals surface area (Å²) in [6.45, 7) is 8.64. The minimum absolute atomic E-state index is 0. The standard InChI is InChI=1S/C14H23N3O.HI/c1-4-15-14(16-8-12-5-6-12)17-9-13-7-10(2)18-11(13)3;/h7,12H,4-6,8-9H2,1-3H3,(H2,15,16,17);1H. The molecule has 0 bridgehead atoms. The van der Waals surface area contributed by atoms with Crippen molar-refractivity contribution in [3.63, 3.8) is 0 Å². The van der Waals surface area contributed by atoms with Gasteiger partial charge < -0.3 is 15.1 Å². The fourth-order valence-electron chi connectivity index (χ4n) is 1.91. The van der Waals surface area contributed by atoms with Crippen LogP contribution in [0, 0.1) is 19.8 Å². The van der Waals surface area contributed by atoms with Gasteiger partial charge in [-0.15, -0.1) is 24.0 Å². The van der Waals surface area contributed by atoms with E-state index in [-0.39, 0.29) is 24.0 Å². The number of halogens is 1. The number of hydrogen-bond donors (Lipinski definition) is 2. The van der Waals surface area contributed by atoms with Crippen LogP contribution in [0.25, 0.3) is 0 Å². The van der Waals surface area contributed by atoms with Crippen LogP contribution < -0.4 is 10.6 Å². The van der Waals surface area contributed by atoms with Crippen LogP contribution in [0.1, 0.15) is 36.8 Å². The highest BCUT2D eigenvalue weighted by Gasteiger charge is 2.21. The second-order valence-electron chi connectivity index (χ2n) is 4.96. The smallest absolute Gasteiger partial charge is 0.191 e. The average Bonchev–Trinajstić information content (AvgIpc) is 3.09. The van der Waals surface area contributed by atoms with Gasteiger partial charge in [-0.1, -0.05) is 0 Å². The van der Waals surface area contributed by atoms with Gasteiger partial charge in [0.15, 0.2) is 5.96 Å². The summed E-state index contributed by atoms with van der Waals surface area (Å²) in [5.74, 6) is 3.68. The van der Waals surface area contributed by atoms with E-state index in [0.29, 0.717) is 6.54 Å². The van der Waals surface area contributed by atoms with Crippen molar-refractivity contribution < 1.29 is 4.42 Å². The van der Waals surface area contributed by atoms with E-state index in [4.69, 9.17) is 4.42 Å². The molecule has 0 aromatic carbocycles. The zero-order chi connectivity index (χ0) is 13.0. The van der Waals surface area contributed by atoms with Crippen molar-refractivity contribution in [1.82, 2.24) is 10.6 Å². The summed E-state index contributed by atoms with van der Waals surface area (Å²) in [6.07, 6.45) is 2.71. The Balaban J connectivity index is 0.00000180. The van der Waals surface area contributed by atoms with Gasteiger partial charge >= 0.3 is 0 Å². The third-order valence-electron chi connectivity index (χ3n) is 3.15. The summed E-state index contributed by atoms with van der Waals surface area (Å²) < 4.78 is 5.50. The maximum absolute atomic E-state index is 5.50. The first-order valence-electron chi connectivity index (χ1n) is 6.77. The second kappa shape index (κ2) is 7.77. The molecule has 5 heteroatoms. The zero-order valence-electron chi connectivity index (χ0n) is 12.0. The first-order chi connectivity index (χ1) is 8.69. The molecular weight excluding hydrogens is 353 g/mol. The monoisotopic (exact) mass is 377 g/mol. The van der Waals surface area contributed by atoms with Gasteiger partial charge in [0.05, 0.1) is 6.54 Å². The van der Waals surface area contributed by atoms with Crippen molar-refractivity contribution in [2.24, 2.45) is 10.9 Å². The number of guanidine groups is 1. The SMILES string of the molecule is CCNC(=NCc1cc(C)oc1C)NCC1CC1.I. The van der Waals surface area contributed by atoms with E-state index in [2.05, 4.69) is 28.6 Å². The Morgan fingerprint density at radius 3 is 2.63 bits per heavy atom. The minimum Gasteiger partial charge on any atom is -0.466 e. The molecule has 0 unspecified atom stereocenters. The highest BCUT2D eigenvalue weighted by molar-refractivity contribution is 14.0. The van der Waals surface area contributed by atoms with Crippen molar-refractivity contribution in [2.75, 3.05) is 13.1 Å². The molecule has 0 aliphatic heterocycles. The number of rotatable bonds is 5. The molecule has 1 aliphatic rings. The molecule has 0 spiro atoms. The fourth-order valence-corrected chi connectivity index (χ4v) is 1.91. The van der Waals surface area contributed by atoms with Crippen LogP contribution in [0.2, 0.25) is 0 Å². The lowest BCUT2D eigenvalue weighted by Crippen LogP contribution is -2.38. The lowest BCUT2D eigenvalue weighted by Gasteiger charge is -2.10. The Morgan fingerprint density at radius 2 is 2.11 bits per heavy atom. The van der Waals surface area contributed by atoms with E-state index in [1.54, 1.807) is 0 Å². The van der Waals surface area contributed by atoms with Gasteiger partial charge in [-0.2, -0.15) is 0 Å². The van der Waals surface area contributed by atoms with Gasteiger partial charge in [0.2, 0.25) is 0 Å². The fraction of sp³-hybridized carbons (Fsp3) is 0.643. The Bertz CT molecular complexity index is 424. The highest BCUT2D eigenvalue weighted by atomic mass is 127. The normalized spacial score (nSPS) is 15.0. The molecule has 1 saturated carbocycles. The molecule has 1 fully saturated rings.